The van der Waals surface area contributed by atoms with Gasteiger partial charge in [-0.25, -0.2) is 0 Å². The van der Waals surface area contributed by atoms with Gasteiger partial charge in [-0.3, -0.25) is 4.98 Å². The van der Waals surface area contributed by atoms with Crippen LogP contribution in [0.1, 0.15) is 0 Å². The summed E-state index contributed by atoms with van der Waals surface area (Å²) in [7, 11) is 1.72. The Morgan fingerprint density at radius 2 is 1.57 bits per heavy atom. The summed E-state index contributed by atoms with van der Waals surface area (Å²) in [5.41, 5.74) is 7.55. The van der Waals surface area contributed by atoms with Gasteiger partial charge in [-0.15, -0.1) is 0 Å². The van der Waals surface area contributed by atoms with Gasteiger partial charge in [-0.1, -0.05) is 48.5 Å². The summed E-state index contributed by atoms with van der Waals surface area (Å²) in [5.74, 6) is 0.867. The third kappa shape index (κ3) is 2.00. The molecule has 0 fully saturated rings. The zero-order valence-electron chi connectivity index (χ0n) is 15.4. The highest BCUT2D eigenvalue weighted by molar-refractivity contribution is 6.22. The molecule has 1 aliphatic carbocycles. The molecular weight excluding hydrogens is 342 g/mol. The molecule has 1 heterocycles. The van der Waals surface area contributed by atoms with Crippen LogP contribution < -0.4 is 4.74 Å². The summed E-state index contributed by atoms with van der Waals surface area (Å²) in [4.78, 5) is 4.40. The van der Waals surface area contributed by atoms with Gasteiger partial charge in [0.1, 0.15) is 5.75 Å². The largest absolute Gasteiger partial charge is 0.497 e. The lowest BCUT2D eigenvalue weighted by Gasteiger charge is -2.15. The number of benzene rings is 4. The van der Waals surface area contributed by atoms with Crippen molar-refractivity contribution in [2.24, 2.45) is 0 Å². The molecule has 0 saturated carbocycles. The molecular formula is C26H17NO. The second kappa shape index (κ2) is 5.67. The van der Waals surface area contributed by atoms with Crippen molar-refractivity contribution in [3.63, 3.8) is 0 Å². The molecule has 0 amide bonds. The number of rotatable bonds is 2. The second-order valence-electron chi connectivity index (χ2n) is 7.21. The van der Waals surface area contributed by atoms with Crippen LogP contribution in [-0.4, -0.2) is 12.1 Å². The van der Waals surface area contributed by atoms with Crippen molar-refractivity contribution in [2.45, 2.75) is 0 Å². The number of hydrogen-bond acceptors (Lipinski definition) is 2. The minimum absolute atomic E-state index is 0.867. The molecule has 0 atom stereocenters. The predicted octanol–water partition coefficient (Wildman–Crippen LogP) is 6.71. The van der Waals surface area contributed by atoms with Crippen molar-refractivity contribution >= 4 is 21.5 Å². The second-order valence-corrected chi connectivity index (χ2v) is 7.21. The Labute approximate surface area is 163 Å². The van der Waals surface area contributed by atoms with E-state index in [1.54, 1.807) is 7.11 Å². The first-order valence-corrected chi connectivity index (χ1v) is 9.43. The Morgan fingerprint density at radius 3 is 2.36 bits per heavy atom. The topological polar surface area (TPSA) is 22.1 Å². The van der Waals surface area contributed by atoms with Gasteiger partial charge in [0.15, 0.2) is 0 Å². The number of aromatic nitrogens is 1. The Bertz CT molecular complexity index is 1380. The molecule has 0 unspecified atom stereocenters. The average Bonchev–Trinajstić information content (AvgIpc) is 3.08. The zero-order chi connectivity index (χ0) is 18.7. The number of ether oxygens (including phenoxy) is 1. The lowest BCUT2D eigenvalue weighted by Crippen LogP contribution is -1.90. The van der Waals surface area contributed by atoms with E-state index in [1.165, 1.54) is 49.4 Å². The third-order valence-electron chi connectivity index (χ3n) is 5.76. The highest BCUT2D eigenvalue weighted by Crippen LogP contribution is 2.53. The van der Waals surface area contributed by atoms with Crippen molar-refractivity contribution in [3.05, 3.63) is 85.2 Å². The van der Waals surface area contributed by atoms with Crippen LogP contribution in [0.15, 0.2) is 85.2 Å². The number of nitrogens with zero attached hydrogens (tertiary/aromatic N) is 1. The molecule has 2 heteroatoms. The molecule has 0 aliphatic heterocycles. The smallest absolute Gasteiger partial charge is 0.119 e. The molecule has 132 valence electrons. The highest BCUT2D eigenvalue weighted by Gasteiger charge is 2.26. The van der Waals surface area contributed by atoms with Gasteiger partial charge in [0.25, 0.3) is 0 Å². The molecule has 0 N–H and O–H groups in total. The van der Waals surface area contributed by atoms with E-state index in [-0.39, 0.29) is 0 Å². The highest BCUT2D eigenvalue weighted by atomic mass is 16.5. The molecule has 2 nitrogen and oxygen atoms in total. The summed E-state index contributed by atoms with van der Waals surface area (Å²) < 4.78 is 5.54. The molecule has 0 bridgehead atoms. The normalized spacial score (nSPS) is 11.8. The van der Waals surface area contributed by atoms with Crippen LogP contribution in [0.4, 0.5) is 0 Å². The third-order valence-corrected chi connectivity index (χ3v) is 5.76. The standard InChI is InChI=1S/C26H17NO/c1-28-19-11-10-17-13-23-20-8-2-5-16-6-3-9-21(24(16)20)26(23)25(22(17)14-19)18-7-4-12-27-15-18/h2-15H,1H3. The number of pyridine rings is 1. The Balaban J connectivity index is 1.84. The summed E-state index contributed by atoms with van der Waals surface area (Å²) in [6.07, 6.45) is 3.78. The maximum atomic E-state index is 5.54. The SMILES string of the molecule is COc1ccc2cc3c(c(-c4cccnc4)c2c1)-c1cccc2cccc-3c12. The first kappa shape index (κ1) is 15.4. The van der Waals surface area contributed by atoms with Gasteiger partial charge in [-0.2, -0.15) is 0 Å². The van der Waals surface area contributed by atoms with Crippen LogP contribution in [0.25, 0.3) is 54.9 Å². The van der Waals surface area contributed by atoms with Crippen LogP contribution in [-0.2, 0) is 0 Å². The van der Waals surface area contributed by atoms with Gasteiger partial charge < -0.3 is 4.74 Å². The van der Waals surface area contributed by atoms with Crippen LogP contribution in [0.3, 0.4) is 0 Å². The monoisotopic (exact) mass is 359 g/mol. The van der Waals surface area contributed by atoms with Gasteiger partial charge in [-0.05, 0) is 73.6 Å². The molecule has 6 rings (SSSR count). The fourth-order valence-corrected chi connectivity index (χ4v) is 4.58. The van der Waals surface area contributed by atoms with Crippen molar-refractivity contribution in [1.29, 1.82) is 0 Å². The first-order chi connectivity index (χ1) is 13.8. The Hall–Kier alpha value is -3.65. The van der Waals surface area contributed by atoms with E-state index in [2.05, 4.69) is 65.6 Å². The van der Waals surface area contributed by atoms with Gasteiger partial charge in [0, 0.05) is 18.0 Å². The van der Waals surface area contributed by atoms with Crippen LogP contribution in [0.5, 0.6) is 5.75 Å². The van der Waals surface area contributed by atoms with E-state index in [4.69, 9.17) is 4.74 Å². The van der Waals surface area contributed by atoms with E-state index < -0.39 is 0 Å². The van der Waals surface area contributed by atoms with Crippen molar-refractivity contribution in [3.8, 4) is 39.1 Å². The lowest BCUT2D eigenvalue weighted by molar-refractivity contribution is 0.415. The lowest BCUT2D eigenvalue weighted by atomic mass is 9.89. The molecule has 0 spiro atoms. The molecule has 4 aromatic carbocycles. The minimum atomic E-state index is 0.867. The molecule has 1 aliphatic rings. The zero-order valence-corrected chi connectivity index (χ0v) is 15.4. The fraction of sp³-hybridized carbons (Fsp3) is 0.0385. The quantitative estimate of drug-likeness (QED) is 0.343. The average molecular weight is 359 g/mol. The van der Waals surface area contributed by atoms with E-state index >= 15 is 0 Å². The van der Waals surface area contributed by atoms with E-state index in [9.17, 15) is 0 Å². The van der Waals surface area contributed by atoms with E-state index in [0.717, 1.165) is 11.3 Å². The molecule has 0 radical (unpaired) electrons. The fourth-order valence-electron chi connectivity index (χ4n) is 4.58. The number of fused-ring (bicyclic) bond motifs is 4. The summed E-state index contributed by atoms with van der Waals surface area (Å²) in [6, 6.07) is 26.0. The van der Waals surface area contributed by atoms with Crippen molar-refractivity contribution in [2.75, 3.05) is 7.11 Å². The van der Waals surface area contributed by atoms with E-state index in [0.29, 0.717) is 0 Å². The van der Waals surface area contributed by atoms with Crippen molar-refractivity contribution in [1.82, 2.24) is 4.98 Å². The van der Waals surface area contributed by atoms with Crippen LogP contribution in [0, 0.1) is 0 Å². The van der Waals surface area contributed by atoms with E-state index in [1.807, 2.05) is 24.5 Å². The van der Waals surface area contributed by atoms with Crippen molar-refractivity contribution < 1.29 is 4.74 Å². The summed E-state index contributed by atoms with van der Waals surface area (Å²) >= 11 is 0. The Morgan fingerprint density at radius 1 is 0.714 bits per heavy atom. The predicted molar refractivity (Wildman–Crippen MR) is 116 cm³/mol. The van der Waals surface area contributed by atoms with Gasteiger partial charge >= 0.3 is 0 Å². The first-order valence-electron chi connectivity index (χ1n) is 9.43. The Kier molecular flexibility index (Phi) is 3.12. The molecule has 28 heavy (non-hydrogen) atoms. The maximum Gasteiger partial charge on any atom is 0.119 e. The minimum Gasteiger partial charge on any atom is -0.497 e. The molecule has 5 aromatic rings. The van der Waals surface area contributed by atoms with Gasteiger partial charge in [0.2, 0.25) is 0 Å². The van der Waals surface area contributed by atoms with Crippen LogP contribution >= 0.6 is 0 Å². The number of methoxy groups -OCH3 is 1. The molecule has 0 saturated heterocycles. The van der Waals surface area contributed by atoms with Crippen LogP contribution in [0.2, 0.25) is 0 Å². The van der Waals surface area contributed by atoms with Gasteiger partial charge in [0.05, 0.1) is 7.11 Å². The maximum absolute atomic E-state index is 5.54. The summed E-state index contributed by atoms with van der Waals surface area (Å²) in [5, 5.41) is 5.02. The number of hydrogen-bond donors (Lipinski definition) is 0. The molecule has 1 aromatic heterocycles. The summed E-state index contributed by atoms with van der Waals surface area (Å²) in [6.45, 7) is 0.